The Morgan fingerprint density at radius 3 is 2.20 bits per heavy atom. The zero-order valence-electron chi connectivity index (χ0n) is 21.7. The first-order chi connectivity index (χ1) is 19.1. The average Bonchev–Trinajstić information content (AvgIpc) is 2.96. The summed E-state index contributed by atoms with van der Waals surface area (Å²) in [6.45, 7) is 1.85. The predicted octanol–water partition coefficient (Wildman–Crippen LogP) is 5.63. The summed E-state index contributed by atoms with van der Waals surface area (Å²) < 4.78 is 40.7. The molecule has 0 unspecified atom stereocenters. The molecule has 0 saturated heterocycles. The lowest BCUT2D eigenvalue weighted by Gasteiger charge is -2.49. The van der Waals surface area contributed by atoms with Gasteiger partial charge in [0.25, 0.3) is 0 Å². The lowest BCUT2D eigenvalue weighted by atomic mass is 9.89. The molecule has 0 fully saturated rings. The van der Waals surface area contributed by atoms with E-state index in [0.717, 1.165) is 18.2 Å². The van der Waals surface area contributed by atoms with Crippen LogP contribution >= 0.6 is 23.2 Å². The van der Waals surface area contributed by atoms with Gasteiger partial charge in [-0.05, 0) is 54.0 Å². The average molecular weight is 599 g/mol. The number of methoxy groups -OCH3 is 2. The number of sulfonamides is 1. The van der Waals surface area contributed by atoms with Crippen LogP contribution in [-0.4, -0.2) is 43.8 Å². The molecule has 0 N–H and O–H groups in total. The maximum atomic E-state index is 14.6. The molecule has 0 bridgehead atoms. The van der Waals surface area contributed by atoms with Crippen LogP contribution in [0.15, 0.2) is 89.1 Å². The number of benzene rings is 3. The van der Waals surface area contributed by atoms with Crippen LogP contribution in [0, 0.1) is 6.92 Å². The molecule has 2 heterocycles. The third kappa shape index (κ3) is 4.58. The van der Waals surface area contributed by atoms with E-state index in [9.17, 15) is 18.0 Å². The Labute approximate surface area is 242 Å². The number of fused-ring (bicyclic) bond motifs is 3. The molecular weight excluding hydrogens is 575 g/mol. The van der Waals surface area contributed by atoms with Crippen LogP contribution in [0.3, 0.4) is 0 Å². The first kappa shape index (κ1) is 27.9. The highest BCUT2D eigenvalue weighted by atomic mass is 35.5. The summed E-state index contributed by atoms with van der Waals surface area (Å²) in [5.41, 5.74) is 2.12. The van der Waals surface area contributed by atoms with Crippen molar-refractivity contribution in [3.05, 3.63) is 116 Å². The second-order valence-corrected chi connectivity index (χ2v) is 11.9. The van der Waals surface area contributed by atoms with Crippen LogP contribution in [-0.2, 0) is 29.1 Å². The summed E-state index contributed by atoms with van der Waals surface area (Å²) in [7, 11) is -2.01. The largest absolute Gasteiger partial charge is 0.466 e. The molecule has 0 amide bonds. The van der Waals surface area contributed by atoms with E-state index in [1.54, 1.807) is 42.6 Å². The summed E-state index contributed by atoms with van der Waals surface area (Å²) in [6.07, 6.45) is 2.22. The van der Waals surface area contributed by atoms with Gasteiger partial charge in [-0.3, -0.25) is 0 Å². The smallest absolute Gasteiger partial charge is 0.355 e. The number of ether oxygens (including phenoxy) is 2. The number of nitrogens with zero attached hydrogens (tertiary/aromatic N) is 2. The van der Waals surface area contributed by atoms with Crippen LogP contribution < -0.4 is 0 Å². The standard InChI is InChI=1S/C29H24Cl2N2O6S/c1-17-8-11-20(12-9-17)40(36,37)33-25(19-10-13-22(30)23(31)16-19)24(28(34)38-2)26(29(35)39-3)32-15-14-18-6-4-5-7-21(18)27(32)33/h4-16,25,27H,1-3H3/t25-,27+/m1/s1. The number of rotatable bonds is 5. The lowest BCUT2D eigenvalue weighted by molar-refractivity contribution is -0.143. The van der Waals surface area contributed by atoms with Crippen molar-refractivity contribution < 1.29 is 27.5 Å². The van der Waals surface area contributed by atoms with Crippen LogP contribution in [0.1, 0.15) is 34.5 Å². The van der Waals surface area contributed by atoms with Crippen molar-refractivity contribution in [2.75, 3.05) is 14.2 Å². The molecule has 0 spiro atoms. The molecule has 0 aliphatic carbocycles. The van der Waals surface area contributed by atoms with Gasteiger partial charge in [0.05, 0.1) is 40.8 Å². The van der Waals surface area contributed by atoms with Crippen LogP contribution in [0.4, 0.5) is 0 Å². The van der Waals surface area contributed by atoms with Crippen molar-refractivity contribution in [3.8, 4) is 0 Å². The van der Waals surface area contributed by atoms with E-state index in [4.69, 9.17) is 32.7 Å². The number of halogens is 2. The zero-order valence-corrected chi connectivity index (χ0v) is 24.0. The SMILES string of the molecule is COC(=O)C1=C(C(=O)OC)N2C=Cc3ccccc3[C@@H]2N(S(=O)(=O)c2ccc(C)cc2)[C@@H]1c1ccc(Cl)c(Cl)c1. The van der Waals surface area contributed by atoms with Crippen LogP contribution in [0.2, 0.25) is 10.0 Å². The van der Waals surface area contributed by atoms with Gasteiger partial charge in [0, 0.05) is 6.20 Å². The molecule has 3 aromatic rings. The second-order valence-electron chi connectivity index (χ2n) is 9.20. The van der Waals surface area contributed by atoms with Gasteiger partial charge in [-0.15, -0.1) is 0 Å². The fraction of sp³-hybridized carbons (Fsp3) is 0.172. The van der Waals surface area contributed by atoms with Gasteiger partial charge < -0.3 is 14.4 Å². The summed E-state index contributed by atoms with van der Waals surface area (Å²) in [5.74, 6) is -1.75. The lowest BCUT2D eigenvalue weighted by Crippen LogP contribution is -2.52. The minimum atomic E-state index is -4.36. The van der Waals surface area contributed by atoms with Gasteiger partial charge in [0.2, 0.25) is 10.0 Å². The summed E-state index contributed by atoms with van der Waals surface area (Å²) >= 11 is 12.6. The van der Waals surface area contributed by atoms with Gasteiger partial charge in [0.15, 0.2) is 0 Å². The van der Waals surface area contributed by atoms with E-state index >= 15 is 0 Å². The Balaban J connectivity index is 1.92. The molecule has 2 aliphatic rings. The Morgan fingerprint density at radius 1 is 0.875 bits per heavy atom. The topological polar surface area (TPSA) is 93.2 Å². The van der Waals surface area contributed by atoms with E-state index in [0.29, 0.717) is 11.1 Å². The molecule has 11 heteroatoms. The van der Waals surface area contributed by atoms with Gasteiger partial charge in [-0.2, -0.15) is 4.31 Å². The number of esters is 2. The quantitative estimate of drug-likeness (QED) is 0.351. The fourth-order valence-corrected chi connectivity index (χ4v) is 7.02. The third-order valence-corrected chi connectivity index (χ3v) is 9.45. The third-order valence-electron chi connectivity index (χ3n) is 6.87. The Hall–Kier alpha value is -3.63. The zero-order chi connectivity index (χ0) is 28.8. The minimum absolute atomic E-state index is 0.000813. The molecule has 2 aliphatic heterocycles. The summed E-state index contributed by atoms with van der Waals surface area (Å²) in [4.78, 5) is 28.3. The van der Waals surface area contributed by atoms with E-state index in [1.165, 1.54) is 40.6 Å². The van der Waals surface area contributed by atoms with Crippen LogP contribution in [0.5, 0.6) is 0 Å². The summed E-state index contributed by atoms with van der Waals surface area (Å²) in [6, 6.07) is 16.8. The Bertz CT molecular complexity index is 1680. The maximum Gasteiger partial charge on any atom is 0.355 e. The molecule has 40 heavy (non-hydrogen) atoms. The van der Waals surface area contributed by atoms with E-state index in [1.807, 2.05) is 19.1 Å². The van der Waals surface area contributed by atoms with Crippen molar-refractivity contribution in [1.29, 1.82) is 0 Å². The predicted molar refractivity (Wildman–Crippen MR) is 151 cm³/mol. The van der Waals surface area contributed by atoms with E-state index in [2.05, 4.69) is 0 Å². The number of carbonyl (C=O) groups excluding carboxylic acids is 2. The molecule has 206 valence electrons. The Morgan fingerprint density at radius 2 is 1.55 bits per heavy atom. The van der Waals surface area contributed by atoms with E-state index < -0.39 is 34.2 Å². The van der Waals surface area contributed by atoms with E-state index in [-0.39, 0.29) is 26.2 Å². The summed E-state index contributed by atoms with van der Waals surface area (Å²) in [5, 5.41) is 0.376. The number of hydrogen-bond acceptors (Lipinski definition) is 7. The number of hydrogen-bond donors (Lipinski definition) is 0. The first-order valence-corrected chi connectivity index (χ1v) is 14.3. The minimum Gasteiger partial charge on any atom is -0.466 e. The maximum absolute atomic E-state index is 14.6. The molecule has 0 radical (unpaired) electrons. The van der Waals surface area contributed by atoms with Crippen LogP contribution in [0.25, 0.3) is 6.08 Å². The normalized spacial score (nSPS) is 18.7. The molecular formula is C29H24Cl2N2O6S. The van der Waals surface area contributed by atoms with Gasteiger partial charge in [-0.25, -0.2) is 18.0 Å². The van der Waals surface area contributed by atoms with Gasteiger partial charge in [0.1, 0.15) is 11.9 Å². The second kappa shape index (κ2) is 10.7. The molecule has 5 rings (SSSR count). The molecule has 0 aromatic heterocycles. The first-order valence-electron chi connectivity index (χ1n) is 12.1. The highest BCUT2D eigenvalue weighted by Crippen LogP contribution is 2.51. The molecule has 8 nitrogen and oxygen atoms in total. The molecule has 0 saturated carbocycles. The van der Waals surface area contributed by atoms with Gasteiger partial charge >= 0.3 is 11.9 Å². The highest BCUT2D eigenvalue weighted by molar-refractivity contribution is 7.89. The molecule has 2 atom stereocenters. The van der Waals surface area contributed by atoms with Crippen molar-refractivity contribution in [3.63, 3.8) is 0 Å². The van der Waals surface area contributed by atoms with Crippen molar-refractivity contribution >= 4 is 51.2 Å². The number of aryl methyl sites for hydroxylation is 1. The van der Waals surface area contributed by atoms with Gasteiger partial charge in [-0.1, -0.05) is 71.2 Å². The highest BCUT2D eigenvalue weighted by Gasteiger charge is 2.53. The fourth-order valence-electron chi connectivity index (χ4n) is 5.01. The number of carbonyl (C=O) groups is 2. The van der Waals surface area contributed by atoms with Crippen molar-refractivity contribution in [1.82, 2.24) is 9.21 Å². The molecule has 3 aromatic carbocycles. The van der Waals surface area contributed by atoms with Crippen molar-refractivity contribution in [2.45, 2.75) is 24.0 Å². The monoisotopic (exact) mass is 598 g/mol. The Kier molecular flexibility index (Phi) is 7.50. The van der Waals surface area contributed by atoms with Crippen molar-refractivity contribution in [2.24, 2.45) is 0 Å².